The monoisotopic (exact) mass is 517 g/mol. The van der Waals surface area contributed by atoms with E-state index in [9.17, 15) is 9.90 Å². The van der Waals surface area contributed by atoms with Crippen molar-refractivity contribution in [2.45, 2.75) is 87.3 Å². The van der Waals surface area contributed by atoms with Gasteiger partial charge in [0.25, 0.3) is 0 Å². The molecule has 2 saturated carbocycles. The van der Waals surface area contributed by atoms with Crippen LogP contribution in [0.2, 0.25) is 0 Å². The molecule has 2 spiro atoms. The van der Waals surface area contributed by atoms with E-state index < -0.39 is 22.4 Å². The number of ether oxygens (including phenoxy) is 4. The zero-order valence-corrected chi connectivity index (χ0v) is 21.7. The summed E-state index contributed by atoms with van der Waals surface area (Å²) in [5.74, 6) is -0.0108. The Kier molecular flexibility index (Phi) is 3.75. The smallest absolute Gasteiger partial charge is 0.334 e. The predicted molar refractivity (Wildman–Crippen MR) is 131 cm³/mol. The fraction of sp³-hybridized carbons (Fsp3) is 0.621. The Morgan fingerprint density at radius 3 is 2.74 bits per heavy atom. The number of carbonyl (C=O) groups excluding carboxylic acids is 1. The summed E-state index contributed by atoms with van der Waals surface area (Å²) in [6, 6.07) is 9.92. The van der Waals surface area contributed by atoms with Gasteiger partial charge < -0.3 is 24.1 Å². The standard InChI is InChI=1S/C29H31N3O6/c1-15(2)27-22(37-27)23-29(38-23)25(3)10-9-17-18(13-35-24(17)33)19(25)11-21-28(29,36-21)26(27,34)14-32-12-20(30-31-32)16-7-5-4-6-8-16/h4-8,12,15,19,21-23,34H,9-11,13-14H2,1-3H3/t19-,21-,22-,23-,25-,26-,27-,28+,29+/m0/s1. The lowest BCUT2D eigenvalue weighted by molar-refractivity contribution is -0.175. The fourth-order valence-electron chi connectivity index (χ4n) is 9.67. The molecule has 9 atom stereocenters. The van der Waals surface area contributed by atoms with Crippen LogP contribution in [0.25, 0.3) is 11.3 Å². The summed E-state index contributed by atoms with van der Waals surface area (Å²) in [6.07, 6.45) is 3.53. The minimum atomic E-state index is -1.37. The fourth-order valence-corrected chi connectivity index (χ4v) is 9.67. The van der Waals surface area contributed by atoms with E-state index in [-0.39, 0.29) is 48.1 Å². The molecule has 1 aromatic carbocycles. The van der Waals surface area contributed by atoms with Gasteiger partial charge in [0.15, 0.2) is 11.2 Å². The summed E-state index contributed by atoms with van der Waals surface area (Å²) in [6.45, 7) is 7.05. The van der Waals surface area contributed by atoms with Crippen LogP contribution in [0.15, 0.2) is 47.7 Å². The lowest BCUT2D eigenvalue weighted by atomic mass is 9.44. The van der Waals surface area contributed by atoms with Gasteiger partial charge in [-0.3, -0.25) is 0 Å². The molecule has 38 heavy (non-hydrogen) atoms. The number of esters is 1. The number of rotatable bonds is 4. The molecule has 198 valence electrons. The SMILES string of the molecule is CC(C)[C@]12O[C@H]1[C@@H]1O[C@]13[C@]1(O[C@H]1C[C@H]1C4=C(CC[C@@]13C)C(=O)OC4)[C@]2(O)Cn1cc(-c2ccccc2)nn1. The van der Waals surface area contributed by atoms with Crippen LogP contribution in [0.5, 0.6) is 0 Å². The molecule has 3 saturated heterocycles. The highest BCUT2D eigenvalue weighted by Crippen LogP contribution is 2.85. The van der Waals surface area contributed by atoms with E-state index in [0.29, 0.717) is 13.0 Å². The maximum atomic E-state index is 13.0. The molecule has 5 fully saturated rings. The van der Waals surface area contributed by atoms with E-state index in [1.807, 2.05) is 36.5 Å². The summed E-state index contributed by atoms with van der Waals surface area (Å²) in [5, 5.41) is 21.9. The molecule has 4 aliphatic heterocycles. The summed E-state index contributed by atoms with van der Waals surface area (Å²) in [7, 11) is 0. The molecule has 9 heteroatoms. The normalized spacial score (nSPS) is 48.8. The van der Waals surface area contributed by atoms with Gasteiger partial charge in [0.1, 0.15) is 35.7 Å². The maximum Gasteiger partial charge on any atom is 0.334 e. The Hall–Kier alpha value is -2.59. The van der Waals surface area contributed by atoms with Gasteiger partial charge in [0.05, 0.1) is 18.8 Å². The molecule has 9 nitrogen and oxygen atoms in total. The zero-order chi connectivity index (χ0) is 25.9. The molecule has 0 amide bonds. The third kappa shape index (κ3) is 2.10. The van der Waals surface area contributed by atoms with Crippen molar-refractivity contribution in [3.05, 3.63) is 47.7 Å². The van der Waals surface area contributed by atoms with Crippen LogP contribution in [0, 0.1) is 17.3 Å². The average Bonchev–Trinajstić information content (AvgIpc) is 3.83. The summed E-state index contributed by atoms with van der Waals surface area (Å²) in [5.41, 5.74) is -0.381. The Morgan fingerprint density at radius 2 is 1.95 bits per heavy atom. The van der Waals surface area contributed by atoms with Crippen molar-refractivity contribution in [2.24, 2.45) is 17.3 Å². The second kappa shape index (κ2) is 6.41. The number of cyclic esters (lactones) is 1. The molecule has 9 rings (SSSR count). The molecule has 0 radical (unpaired) electrons. The van der Waals surface area contributed by atoms with Crippen LogP contribution >= 0.6 is 0 Å². The second-order valence-electron chi connectivity index (χ2n) is 12.9. The van der Waals surface area contributed by atoms with Gasteiger partial charge in [-0.25, -0.2) is 9.48 Å². The first kappa shape index (κ1) is 22.2. The van der Waals surface area contributed by atoms with E-state index in [0.717, 1.165) is 35.2 Å². The third-order valence-corrected chi connectivity index (χ3v) is 11.4. The van der Waals surface area contributed by atoms with Gasteiger partial charge in [-0.15, -0.1) is 5.10 Å². The van der Waals surface area contributed by atoms with Crippen molar-refractivity contribution in [2.75, 3.05) is 6.61 Å². The first-order chi connectivity index (χ1) is 18.2. The van der Waals surface area contributed by atoms with Crippen molar-refractivity contribution in [3.8, 4) is 11.3 Å². The summed E-state index contributed by atoms with van der Waals surface area (Å²) >= 11 is 0. The van der Waals surface area contributed by atoms with E-state index in [1.54, 1.807) is 4.68 Å². The molecule has 7 aliphatic rings. The number of nitrogens with zero attached hydrogens (tertiary/aromatic N) is 3. The van der Waals surface area contributed by atoms with Crippen molar-refractivity contribution in [1.82, 2.24) is 15.0 Å². The first-order valence-electron chi connectivity index (χ1n) is 13.8. The van der Waals surface area contributed by atoms with Crippen LogP contribution in [-0.4, -0.2) is 73.4 Å². The van der Waals surface area contributed by atoms with E-state index in [2.05, 4.69) is 31.1 Å². The summed E-state index contributed by atoms with van der Waals surface area (Å²) < 4.78 is 27.3. The largest absolute Gasteiger partial charge is 0.458 e. The topological polar surface area (TPSA) is 115 Å². The number of carbonyl (C=O) groups is 1. The van der Waals surface area contributed by atoms with E-state index in [1.165, 1.54) is 0 Å². The molecule has 2 aromatic rings. The minimum absolute atomic E-state index is 0.0445. The number of fused-ring (bicyclic) bond motifs is 4. The molecule has 3 aliphatic carbocycles. The van der Waals surface area contributed by atoms with Crippen molar-refractivity contribution in [1.29, 1.82) is 0 Å². The molecule has 1 N–H and O–H groups in total. The van der Waals surface area contributed by atoms with Crippen LogP contribution < -0.4 is 0 Å². The number of aromatic nitrogens is 3. The molecular formula is C29H31N3O6. The molecule has 5 heterocycles. The van der Waals surface area contributed by atoms with Gasteiger partial charge in [-0.1, -0.05) is 56.3 Å². The van der Waals surface area contributed by atoms with Crippen LogP contribution in [-0.2, 0) is 30.3 Å². The number of aliphatic hydroxyl groups is 1. The third-order valence-electron chi connectivity index (χ3n) is 11.4. The van der Waals surface area contributed by atoms with Crippen molar-refractivity contribution < 1.29 is 28.8 Å². The molecule has 0 bridgehead atoms. The number of hydrogen-bond acceptors (Lipinski definition) is 8. The number of hydrogen-bond donors (Lipinski definition) is 1. The minimum Gasteiger partial charge on any atom is -0.458 e. The lowest BCUT2D eigenvalue weighted by Crippen LogP contribution is -2.76. The second-order valence-corrected chi connectivity index (χ2v) is 12.9. The molecular weight excluding hydrogens is 486 g/mol. The van der Waals surface area contributed by atoms with E-state index in [4.69, 9.17) is 18.9 Å². The number of benzene rings is 1. The zero-order valence-electron chi connectivity index (χ0n) is 21.7. The lowest BCUT2D eigenvalue weighted by Gasteiger charge is -2.56. The van der Waals surface area contributed by atoms with Gasteiger partial charge >= 0.3 is 5.97 Å². The molecule has 1 aromatic heterocycles. The van der Waals surface area contributed by atoms with Gasteiger partial charge in [0.2, 0.25) is 0 Å². The Bertz CT molecular complexity index is 1460. The Morgan fingerprint density at radius 1 is 1.13 bits per heavy atom. The maximum absolute atomic E-state index is 13.0. The summed E-state index contributed by atoms with van der Waals surface area (Å²) in [4.78, 5) is 12.4. The van der Waals surface area contributed by atoms with Crippen LogP contribution in [0.3, 0.4) is 0 Å². The van der Waals surface area contributed by atoms with Crippen molar-refractivity contribution in [3.63, 3.8) is 0 Å². The highest BCUT2D eigenvalue weighted by atomic mass is 16.7. The van der Waals surface area contributed by atoms with Crippen molar-refractivity contribution >= 4 is 5.97 Å². The van der Waals surface area contributed by atoms with E-state index >= 15 is 0 Å². The first-order valence-corrected chi connectivity index (χ1v) is 13.8. The quantitative estimate of drug-likeness (QED) is 0.486. The highest BCUT2D eigenvalue weighted by Gasteiger charge is 3.04. The average molecular weight is 518 g/mol. The highest BCUT2D eigenvalue weighted by molar-refractivity contribution is 5.92. The van der Waals surface area contributed by atoms with Gasteiger partial charge in [0, 0.05) is 16.6 Å². The Labute approximate surface area is 220 Å². The number of epoxide rings is 3. The molecule has 0 unspecified atom stereocenters. The van der Waals surface area contributed by atoms with Gasteiger partial charge in [-0.2, -0.15) is 0 Å². The Balaban J connectivity index is 1.17. The van der Waals surface area contributed by atoms with Crippen LogP contribution in [0.4, 0.5) is 0 Å². The van der Waals surface area contributed by atoms with Gasteiger partial charge in [-0.05, 0) is 36.7 Å². The van der Waals surface area contributed by atoms with Crippen LogP contribution in [0.1, 0.15) is 40.0 Å². The predicted octanol–water partition coefficient (Wildman–Crippen LogP) is 2.43.